The van der Waals surface area contributed by atoms with Gasteiger partial charge in [-0.2, -0.15) is 5.10 Å². The smallest absolute Gasteiger partial charge is 0.153 e. The molecule has 1 aromatic heterocycles. The van der Waals surface area contributed by atoms with E-state index in [-0.39, 0.29) is 0 Å². The van der Waals surface area contributed by atoms with E-state index in [0.29, 0.717) is 12.4 Å². The van der Waals surface area contributed by atoms with Gasteiger partial charge >= 0.3 is 0 Å². The van der Waals surface area contributed by atoms with Crippen LogP contribution in [0.4, 0.5) is 0 Å². The van der Waals surface area contributed by atoms with Gasteiger partial charge in [0.05, 0.1) is 12.8 Å². The van der Waals surface area contributed by atoms with E-state index in [1.54, 1.807) is 17.0 Å². The number of imidazole rings is 1. The zero-order chi connectivity index (χ0) is 8.10. The average molecular weight is 148 g/mol. The summed E-state index contributed by atoms with van der Waals surface area (Å²) in [5.41, 5.74) is 0. The summed E-state index contributed by atoms with van der Waals surface area (Å²) in [6.07, 6.45) is 9.99. The maximum absolute atomic E-state index is 5.11. The first kappa shape index (κ1) is 7.35. The summed E-state index contributed by atoms with van der Waals surface area (Å²) < 4.78 is 1.77. The van der Waals surface area contributed by atoms with Gasteiger partial charge in [-0.3, -0.25) is 0 Å². The van der Waals surface area contributed by atoms with Crippen LogP contribution >= 0.6 is 0 Å². The lowest BCUT2D eigenvalue weighted by Crippen LogP contribution is -2.01. The summed E-state index contributed by atoms with van der Waals surface area (Å²) in [6, 6.07) is 0. The monoisotopic (exact) mass is 148 g/mol. The van der Waals surface area contributed by atoms with Crippen LogP contribution in [0, 0.1) is 12.3 Å². The van der Waals surface area contributed by atoms with E-state index in [4.69, 9.17) is 12.3 Å². The number of hydrazone groups is 1. The third-order valence-corrected chi connectivity index (χ3v) is 1.20. The lowest BCUT2D eigenvalue weighted by atomic mass is 10.6. The maximum Gasteiger partial charge on any atom is 0.153 e. The zero-order valence-corrected chi connectivity index (χ0v) is 5.94. The van der Waals surface area contributed by atoms with Crippen LogP contribution in [0.1, 0.15) is 5.82 Å². The maximum atomic E-state index is 5.11. The number of hydrogen-bond donors (Lipinski definition) is 1. The quantitative estimate of drug-likeness (QED) is 0.273. The molecule has 4 nitrogen and oxygen atoms in total. The molecule has 0 fully saturated rings. The van der Waals surface area contributed by atoms with E-state index in [9.17, 15) is 0 Å². The number of hydrogen-bond acceptors (Lipinski definition) is 3. The molecular formula is C7H8N4. The summed E-state index contributed by atoms with van der Waals surface area (Å²) in [6.45, 7) is 0.487. The van der Waals surface area contributed by atoms with Gasteiger partial charge in [-0.05, 0) is 0 Å². The molecule has 0 bridgehead atoms. The van der Waals surface area contributed by atoms with Crippen molar-refractivity contribution in [2.75, 3.05) is 0 Å². The van der Waals surface area contributed by atoms with Gasteiger partial charge in [0.1, 0.15) is 0 Å². The largest absolute Gasteiger partial charge is 0.323 e. The molecule has 56 valence electrons. The van der Waals surface area contributed by atoms with Crippen molar-refractivity contribution in [3.8, 4) is 12.3 Å². The van der Waals surface area contributed by atoms with Gasteiger partial charge in [-0.25, -0.2) is 4.98 Å². The summed E-state index contributed by atoms with van der Waals surface area (Å²) in [5.74, 6) is 8.11. The summed E-state index contributed by atoms with van der Waals surface area (Å²) >= 11 is 0. The Morgan fingerprint density at radius 3 is 3.36 bits per heavy atom. The summed E-state index contributed by atoms with van der Waals surface area (Å²) in [7, 11) is 0. The van der Waals surface area contributed by atoms with Gasteiger partial charge in [0.25, 0.3) is 0 Å². The fraction of sp³-hybridized carbons (Fsp3) is 0.143. The van der Waals surface area contributed by atoms with Crippen molar-refractivity contribution in [3.05, 3.63) is 18.2 Å². The second kappa shape index (κ2) is 3.42. The standard InChI is InChI=1S/C7H8N4/c1-2-4-11-5-3-9-7(11)6-10-8/h1,3,5-6H,4,8H2/b10-6+. The van der Waals surface area contributed by atoms with Gasteiger partial charge < -0.3 is 10.4 Å². The Hall–Kier alpha value is -1.76. The Morgan fingerprint density at radius 1 is 1.91 bits per heavy atom. The Morgan fingerprint density at radius 2 is 2.73 bits per heavy atom. The lowest BCUT2D eigenvalue weighted by Gasteiger charge is -1.95. The van der Waals surface area contributed by atoms with Crippen LogP contribution in [0.2, 0.25) is 0 Å². The van der Waals surface area contributed by atoms with Gasteiger partial charge in [-0.1, -0.05) is 5.92 Å². The highest BCUT2D eigenvalue weighted by Crippen LogP contribution is 1.92. The Balaban J connectivity index is 2.88. The number of terminal acetylenes is 1. The van der Waals surface area contributed by atoms with E-state index in [1.165, 1.54) is 6.21 Å². The number of rotatable bonds is 2. The van der Waals surface area contributed by atoms with Crippen LogP contribution < -0.4 is 5.84 Å². The second-order valence-electron chi connectivity index (χ2n) is 1.90. The van der Waals surface area contributed by atoms with E-state index < -0.39 is 0 Å². The van der Waals surface area contributed by atoms with Crippen LogP contribution in [0.15, 0.2) is 17.5 Å². The minimum atomic E-state index is 0.487. The van der Waals surface area contributed by atoms with Crippen LogP contribution in [0.3, 0.4) is 0 Å². The Labute approximate surface area is 64.7 Å². The minimum Gasteiger partial charge on any atom is -0.323 e. The molecule has 1 rings (SSSR count). The Kier molecular flexibility index (Phi) is 2.28. The first-order valence-electron chi connectivity index (χ1n) is 3.06. The van der Waals surface area contributed by atoms with Gasteiger partial charge in [0, 0.05) is 12.4 Å². The third-order valence-electron chi connectivity index (χ3n) is 1.20. The molecule has 0 aromatic carbocycles. The zero-order valence-electron chi connectivity index (χ0n) is 5.94. The van der Waals surface area contributed by atoms with Crippen LogP contribution in [0.5, 0.6) is 0 Å². The van der Waals surface area contributed by atoms with E-state index in [0.717, 1.165) is 0 Å². The minimum absolute atomic E-state index is 0.487. The average Bonchev–Trinajstić information content (AvgIpc) is 2.39. The van der Waals surface area contributed by atoms with Crippen molar-refractivity contribution in [3.63, 3.8) is 0 Å². The van der Waals surface area contributed by atoms with E-state index in [1.807, 2.05) is 0 Å². The molecule has 0 aliphatic rings. The van der Waals surface area contributed by atoms with Crippen molar-refractivity contribution in [2.24, 2.45) is 10.9 Å². The van der Waals surface area contributed by atoms with Crippen molar-refractivity contribution in [1.29, 1.82) is 0 Å². The van der Waals surface area contributed by atoms with Crippen LogP contribution in [-0.2, 0) is 6.54 Å². The first-order chi connectivity index (χ1) is 5.38. The molecule has 0 unspecified atom stereocenters. The molecule has 0 saturated heterocycles. The van der Waals surface area contributed by atoms with Gasteiger partial charge in [-0.15, -0.1) is 6.42 Å². The highest BCUT2D eigenvalue weighted by Gasteiger charge is 1.95. The molecule has 0 saturated carbocycles. The number of nitrogens with two attached hydrogens (primary N) is 1. The molecule has 1 heterocycles. The van der Waals surface area contributed by atoms with Crippen molar-refractivity contribution >= 4 is 6.21 Å². The highest BCUT2D eigenvalue weighted by molar-refractivity contribution is 5.74. The lowest BCUT2D eigenvalue weighted by molar-refractivity contribution is 0.831. The summed E-state index contributed by atoms with van der Waals surface area (Å²) in [4.78, 5) is 3.96. The molecule has 11 heavy (non-hydrogen) atoms. The summed E-state index contributed by atoms with van der Waals surface area (Å²) in [5, 5.41) is 3.34. The first-order valence-corrected chi connectivity index (χ1v) is 3.06. The fourth-order valence-electron chi connectivity index (χ4n) is 0.747. The molecule has 0 radical (unpaired) electrons. The van der Waals surface area contributed by atoms with Crippen LogP contribution in [0.25, 0.3) is 0 Å². The molecule has 1 aromatic rings. The topological polar surface area (TPSA) is 56.2 Å². The number of aromatic nitrogens is 2. The van der Waals surface area contributed by atoms with Gasteiger partial charge in [0.2, 0.25) is 0 Å². The molecule has 4 heteroatoms. The molecule has 0 aliphatic heterocycles. The van der Waals surface area contributed by atoms with Crippen molar-refractivity contribution < 1.29 is 0 Å². The molecule has 0 spiro atoms. The predicted octanol–water partition coefficient (Wildman–Crippen LogP) is -0.191. The second-order valence-corrected chi connectivity index (χ2v) is 1.90. The predicted molar refractivity (Wildman–Crippen MR) is 42.8 cm³/mol. The molecule has 2 N–H and O–H groups in total. The normalized spacial score (nSPS) is 10.1. The van der Waals surface area contributed by atoms with E-state index >= 15 is 0 Å². The Bertz CT molecular complexity index is 292. The van der Waals surface area contributed by atoms with Gasteiger partial charge in [0.15, 0.2) is 5.82 Å². The SMILES string of the molecule is C#CCn1ccnc1/C=N/N. The molecule has 0 amide bonds. The van der Waals surface area contributed by atoms with Crippen molar-refractivity contribution in [2.45, 2.75) is 6.54 Å². The fourth-order valence-corrected chi connectivity index (χ4v) is 0.747. The molecule has 0 aliphatic carbocycles. The van der Waals surface area contributed by atoms with Crippen LogP contribution in [-0.4, -0.2) is 15.8 Å². The molecule has 0 atom stereocenters. The van der Waals surface area contributed by atoms with E-state index in [2.05, 4.69) is 16.0 Å². The highest BCUT2D eigenvalue weighted by atomic mass is 15.1. The third kappa shape index (κ3) is 1.58. The number of nitrogens with zero attached hydrogens (tertiary/aromatic N) is 3. The van der Waals surface area contributed by atoms with Crippen molar-refractivity contribution in [1.82, 2.24) is 9.55 Å². The molecular weight excluding hydrogens is 140 g/mol.